The van der Waals surface area contributed by atoms with Crippen molar-refractivity contribution in [3.8, 4) is 5.69 Å². The Kier molecular flexibility index (Phi) is 6.39. The monoisotopic (exact) mass is 499 g/mol. The predicted octanol–water partition coefficient (Wildman–Crippen LogP) is 3.20. The lowest BCUT2D eigenvalue weighted by Crippen LogP contribution is -2.33. The van der Waals surface area contributed by atoms with Crippen LogP contribution in [0.5, 0.6) is 0 Å². The van der Waals surface area contributed by atoms with Gasteiger partial charge in [0.2, 0.25) is 0 Å². The molecule has 0 aliphatic carbocycles. The number of carbonyl (C=O) groups excluding carboxylic acids is 2. The molecule has 2 aromatic heterocycles. The summed E-state index contributed by atoms with van der Waals surface area (Å²) in [5.74, 6) is -1.16. The lowest BCUT2D eigenvalue weighted by atomic mass is 9.96. The normalized spacial score (nSPS) is 14.3. The molecule has 0 bridgehead atoms. The molecule has 4 aromatic rings. The summed E-state index contributed by atoms with van der Waals surface area (Å²) in [6, 6.07) is 16.6. The summed E-state index contributed by atoms with van der Waals surface area (Å²) in [7, 11) is 3.74. The summed E-state index contributed by atoms with van der Waals surface area (Å²) in [4.78, 5) is 46.6. The zero-order valence-corrected chi connectivity index (χ0v) is 21.3. The second-order valence-corrected chi connectivity index (χ2v) is 9.39. The van der Waals surface area contributed by atoms with E-state index in [-0.39, 0.29) is 11.2 Å². The zero-order valence-electron chi connectivity index (χ0n) is 21.3. The number of hydrogen-bond acceptors (Lipinski definition) is 6. The van der Waals surface area contributed by atoms with E-state index in [1.54, 1.807) is 18.7 Å². The quantitative estimate of drug-likeness (QED) is 0.424. The van der Waals surface area contributed by atoms with E-state index < -0.39 is 18.0 Å². The molecule has 1 unspecified atom stereocenters. The van der Waals surface area contributed by atoms with E-state index in [1.165, 1.54) is 11.6 Å². The summed E-state index contributed by atoms with van der Waals surface area (Å²) < 4.78 is 8.82. The van der Waals surface area contributed by atoms with Crippen LogP contribution in [0.2, 0.25) is 0 Å². The van der Waals surface area contributed by atoms with Crippen molar-refractivity contribution >= 4 is 28.5 Å². The molecule has 37 heavy (non-hydrogen) atoms. The van der Waals surface area contributed by atoms with E-state index in [1.807, 2.05) is 61.6 Å². The molecule has 9 nitrogen and oxygen atoms in total. The summed E-state index contributed by atoms with van der Waals surface area (Å²) >= 11 is 0. The number of pyridine rings is 1. The van der Waals surface area contributed by atoms with Crippen LogP contribution in [0.4, 0.5) is 5.69 Å². The SMILES string of the molecule is Cc1c(NC(=O)C(C)OC(=O)c2c3c(nc4ccccc24)CCN(C)C3)c(=O)n(-c2ccccc2)n1C. The predicted molar refractivity (Wildman–Crippen MR) is 141 cm³/mol. The third-order valence-corrected chi connectivity index (χ3v) is 6.90. The standard InChI is InChI=1S/C28H29N5O4/c1-17-25(27(35)33(32(17)4)19-10-6-5-7-11-19)30-26(34)18(2)37-28(36)24-20-12-8-9-13-22(20)29-23-14-15-31(3)16-21(23)24/h5-13,18H,14-16H2,1-4H3,(H,30,34). The van der Waals surface area contributed by atoms with Gasteiger partial charge in [-0.05, 0) is 39.1 Å². The average molecular weight is 500 g/mol. The highest BCUT2D eigenvalue weighted by Crippen LogP contribution is 2.28. The molecule has 1 N–H and O–H groups in total. The Labute approximate surface area is 214 Å². The van der Waals surface area contributed by atoms with Crippen molar-refractivity contribution in [3.63, 3.8) is 0 Å². The van der Waals surface area contributed by atoms with Gasteiger partial charge in [-0.15, -0.1) is 0 Å². The number of carbonyl (C=O) groups is 2. The highest BCUT2D eigenvalue weighted by Gasteiger charge is 2.28. The van der Waals surface area contributed by atoms with Crippen molar-refractivity contribution in [3.05, 3.63) is 87.5 Å². The van der Waals surface area contributed by atoms with Gasteiger partial charge in [0.05, 0.1) is 22.5 Å². The van der Waals surface area contributed by atoms with Crippen LogP contribution in [0.15, 0.2) is 59.4 Å². The number of nitrogens with zero attached hydrogens (tertiary/aromatic N) is 4. The number of para-hydroxylation sites is 2. The van der Waals surface area contributed by atoms with Gasteiger partial charge in [0, 0.05) is 43.2 Å². The summed E-state index contributed by atoms with van der Waals surface area (Å²) in [6.07, 6.45) is -0.394. The number of nitrogens with one attached hydrogen (secondary N) is 1. The van der Waals surface area contributed by atoms with Crippen LogP contribution in [-0.2, 0) is 29.5 Å². The number of aromatic nitrogens is 3. The smallest absolute Gasteiger partial charge is 0.339 e. The van der Waals surface area contributed by atoms with Crippen molar-refractivity contribution in [2.75, 3.05) is 18.9 Å². The fourth-order valence-electron chi connectivity index (χ4n) is 4.77. The molecular formula is C28H29N5O4. The first kappa shape index (κ1) is 24.5. The Hall–Kier alpha value is -4.24. The third kappa shape index (κ3) is 4.42. The van der Waals surface area contributed by atoms with Crippen LogP contribution in [0, 0.1) is 6.92 Å². The van der Waals surface area contributed by atoms with Crippen molar-refractivity contribution < 1.29 is 14.3 Å². The van der Waals surface area contributed by atoms with Gasteiger partial charge in [-0.1, -0.05) is 36.4 Å². The van der Waals surface area contributed by atoms with Crippen LogP contribution < -0.4 is 10.9 Å². The molecule has 0 saturated carbocycles. The number of esters is 1. The zero-order chi connectivity index (χ0) is 26.3. The number of anilines is 1. The minimum atomic E-state index is -1.12. The highest BCUT2D eigenvalue weighted by molar-refractivity contribution is 6.06. The number of fused-ring (bicyclic) bond motifs is 2. The van der Waals surface area contributed by atoms with E-state index in [9.17, 15) is 14.4 Å². The van der Waals surface area contributed by atoms with Crippen molar-refractivity contribution in [1.29, 1.82) is 0 Å². The molecule has 1 amide bonds. The minimum Gasteiger partial charge on any atom is -0.449 e. The van der Waals surface area contributed by atoms with E-state index in [0.29, 0.717) is 28.9 Å². The molecule has 190 valence electrons. The topological polar surface area (TPSA) is 98.5 Å². The number of likely N-dealkylation sites (N-methyl/N-ethyl adjacent to an activating group) is 1. The summed E-state index contributed by atoms with van der Waals surface area (Å²) in [6.45, 7) is 4.67. The fourth-order valence-corrected chi connectivity index (χ4v) is 4.77. The van der Waals surface area contributed by atoms with Gasteiger partial charge < -0.3 is 15.0 Å². The van der Waals surface area contributed by atoms with Gasteiger partial charge in [-0.25, -0.2) is 9.48 Å². The molecule has 3 heterocycles. The lowest BCUT2D eigenvalue weighted by molar-refractivity contribution is -0.123. The molecule has 0 fully saturated rings. The Bertz CT molecular complexity index is 1570. The van der Waals surface area contributed by atoms with Crippen LogP contribution in [0.25, 0.3) is 16.6 Å². The second-order valence-electron chi connectivity index (χ2n) is 9.39. The van der Waals surface area contributed by atoms with Gasteiger partial charge in [0.1, 0.15) is 5.69 Å². The van der Waals surface area contributed by atoms with Crippen LogP contribution >= 0.6 is 0 Å². The van der Waals surface area contributed by atoms with Gasteiger partial charge >= 0.3 is 5.97 Å². The molecule has 1 atom stereocenters. The first-order valence-electron chi connectivity index (χ1n) is 12.2. The number of hydrogen-bond donors (Lipinski definition) is 1. The lowest BCUT2D eigenvalue weighted by Gasteiger charge is -2.27. The number of amides is 1. The molecule has 0 saturated heterocycles. The maximum atomic E-state index is 13.5. The number of rotatable bonds is 5. The minimum absolute atomic E-state index is 0.146. The Balaban J connectivity index is 1.42. The second kappa shape index (κ2) is 9.67. The Morgan fingerprint density at radius 1 is 1.05 bits per heavy atom. The fraction of sp³-hybridized carbons (Fsp3) is 0.286. The van der Waals surface area contributed by atoms with Gasteiger partial charge in [0.25, 0.3) is 11.5 Å². The maximum Gasteiger partial charge on any atom is 0.339 e. The molecule has 0 spiro atoms. The first-order chi connectivity index (χ1) is 17.8. The maximum absolute atomic E-state index is 13.5. The van der Waals surface area contributed by atoms with Crippen LogP contribution in [0.1, 0.15) is 34.2 Å². The average Bonchev–Trinajstić information content (AvgIpc) is 3.10. The summed E-state index contributed by atoms with van der Waals surface area (Å²) in [5, 5.41) is 3.38. The number of ether oxygens (including phenoxy) is 1. The van der Waals surface area contributed by atoms with Crippen molar-refractivity contribution in [1.82, 2.24) is 19.2 Å². The Morgan fingerprint density at radius 3 is 2.51 bits per heavy atom. The Morgan fingerprint density at radius 2 is 1.76 bits per heavy atom. The first-order valence-corrected chi connectivity index (χ1v) is 12.2. The largest absolute Gasteiger partial charge is 0.449 e. The van der Waals surface area contributed by atoms with Gasteiger partial charge in [0.15, 0.2) is 6.10 Å². The van der Waals surface area contributed by atoms with Crippen LogP contribution in [-0.4, -0.2) is 50.8 Å². The molecule has 2 aromatic carbocycles. The number of benzene rings is 2. The molecule has 1 aliphatic rings. The van der Waals surface area contributed by atoms with Gasteiger partial charge in [-0.3, -0.25) is 19.3 Å². The van der Waals surface area contributed by atoms with Gasteiger partial charge in [-0.2, -0.15) is 0 Å². The summed E-state index contributed by atoms with van der Waals surface area (Å²) in [5.41, 5.74) is 3.90. The van der Waals surface area contributed by atoms with E-state index in [0.717, 1.165) is 29.7 Å². The van der Waals surface area contributed by atoms with Crippen molar-refractivity contribution in [2.45, 2.75) is 32.9 Å². The van der Waals surface area contributed by atoms with E-state index >= 15 is 0 Å². The van der Waals surface area contributed by atoms with E-state index in [2.05, 4.69) is 10.2 Å². The molecule has 5 rings (SSSR count). The molecule has 9 heteroatoms. The third-order valence-electron chi connectivity index (χ3n) is 6.90. The van der Waals surface area contributed by atoms with Crippen LogP contribution in [0.3, 0.4) is 0 Å². The highest BCUT2D eigenvalue weighted by atomic mass is 16.5. The molecule has 0 radical (unpaired) electrons. The van der Waals surface area contributed by atoms with E-state index in [4.69, 9.17) is 9.72 Å². The molecule has 1 aliphatic heterocycles. The van der Waals surface area contributed by atoms with Crippen molar-refractivity contribution in [2.24, 2.45) is 7.05 Å². The molecular weight excluding hydrogens is 470 g/mol.